The van der Waals surface area contributed by atoms with Crippen LogP contribution in [0.4, 0.5) is 13.2 Å². The summed E-state index contributed by atoms with van der Waals surface area (Å²) >= 11 is 0. The van der Waals surface area contributed by atoms with Crippen LogP contribution in [-0.2, 0) is 14.3 Å². The largest absolute Gasteiger partial charge is 0.487 e. The quantitative estimate of drug-likeness (QED) is 0.406. The summed E-state index contributed by atoms with van der Waals surface area (Å²) in [5.41, 5.74) is 0. The maximum Gasteiger partial charge on any atom is 0.413 e. The van der Waals surface area contributed by atoms with Gasteiger partial charge in [-0.1, -0.05) is 0 Å². The lowest BCUT2D eigenvalue weighted by atomic mass is 10.4. The minimum Gasteiger partial charge on any atom is -0.487 e. The Morgan fingerprint density at radius 3 is 2.07 bits per heavy atom. The molecule has 3 nitrogen and oxygen atoms in total. The van der Waals surface area contributed by atoms with Gasteiger partial charge in [0, 0.05) is 0 Å². The molecule has 0 N–H and O–H groups in total. The fraction of sp³-hybridized carbons (Fsp3) is 0.625. The molecule has 0 spiro atoms. The zero-order valence-corrected chi connectivity index (χ0v) is 7.85. The number of ether oxygens (including phenoxy) is 2. The summed E-state index contributed by atoms with van der Waals surface area (Å²) in [6.45, 7) is 2.94. The monoisotopic (exact) mass is 212 g/mol. The molecule has 0 saturated carbocycles. The van der Waals surface area contributed by atoms with Crippen LogP contribution >= 0.6 is 0 Å². The van der Waals surface area contributed by atoms with Gasteiger partial charge in [0.15, 0.2) is 0 Å². The first-order valence-corrected chi connectivity index (χ1v) is 4.00. The van der Waals surface area contributed by atoms with E-state index in [2.05, 4.69) is 9.47 Å². The second-order valence-electron chi connectivity index (χ2n) is 2.20. The topological polar surface area (TPSA) is 35.5 Å². The van der Waals surface area contributed by atoms with Crippen molar-refractivity contribution in [1.82, 2.24) is 0 Å². The number of esters is 1. The zero-order chi connectivity index (χ0) is 11.2. The van der Waals surface area contributed by atoms with E-state index in [0.717, 1.165) is 0 Å². The SMILES string of the molecule is CCOC(=O)/C(=C/C(F)(F)F)OCC. The molecule has 0 amide bonds. The average Bonchev–Trinajstić information content (AvgIpc) is 2.01. The number of carbonyl (C=O) groups excluding carboxylic acids is 1. The number of hydrogen-bond acceptors (Lipinski definition) is 3. The van der Waals surface area contributed by atoms with Crippen LogP contribution in [0.2, 0.25) is 0 Å². The van der Waals surface area contributed by atoms with Crippen molar-refractivity contribution in [3.8, 4) is 0 Å². The van der Waals surface area contributed by atoms with Crippen molar-refractivity contribution in [3.63, 3.8) is 0 Å². The maximum atomic E-state index is 11.9. The van der Waals surface area contributed by atoms with Crippen LogP contribution in [0, 0.1) is 0 Å². The van der Waals surface area contributed by atoms with Crippen molar-refractivity contribution in [3.05, 3.63) is 11.8 Å². The minimum absolute atomic E-state index is 0.00110. The van der Waals surface area contributed by atoms with Crippen LogP contribution in [0.25, 0.3) is 0 Å². The third kappa shape index (κ3) is 5.45. The summed E-state index contributed by atoms with van der Waals surface area (Å²) in [4.78, 5) is 10.9. The summed E-state index contributed by atoms with van der Waals surface area (Å²) in [7, 11) is 0. The smallest absolute Gasteiger partial charge is 0.413 e. The van der Waals surface area contributed by atoms with Gasteiger partial charge in [0.1, 0.15) is 0 Å². The van der Waals surface area contributed by atoms with Gasteiger partial charge in [-0.15, -0.1) is 0 Å². The molecule has 82 valence electrons. The number of allylic oxidation sites excluding steroid dienone is 1. The predicted molar refractivity (Wildman–Crippen MR) is 42.4 cm³/mol. The first kappa shape index (κ1) is 12.8. The van der Waals surface area contributed by atoms with Gasteiger partial charge >= 0.3 is 12.1 Å². The summed E-state index contributed by atoms with van der Waals surface area (Å²) < 4.78 is 44.5. The van der Waals surface area contributed by atoms with Gasteiger partial charge in [-0.2, -0.15) is 13.2 Å². The second-order valence-corrected chi connectivity index (χ2v) is 2.20. The van der Waals surface area contributed by atoms with Crippen LogP contribution in [-0.4, -0.2) is 25.4 Å². The summed E-state index contributed by atoms with van der Waals surface area (Å²) in [6.07, 6.45) is -4.80. The number of rotatable bonds is 4. The first-order chi connectivity index (χ1) is 6.40. The molecule has 0 fully saturated rings. The fourth-order valence-electron chi connectivity index (χ4n) is 0.666. The Hall–Kier alpha value is -1.20. The van der Waals surface area contributed by atoms with Crippen molar-refractivity contribution in [1.29, 1.82) is 0 Å². The lowest BCUT2D eigenvalue weighted by Gasteiger charge is -2.08. The lowest BCUT2D eigenvalue weighted by molar-refractivity contribution is -0.144. The van der Waals surface area contributed by atoms with Crippen LogP contribution in [0.3, 0.4) is 0 Å². The molecular formula is C8H11F3O3. The Bertz CT molecular complexity index is 220. The second kappa shape index (κ2) is 5.51. The van der Waals surface area contributed by atoms with E-state index in [-0.39, 0.29) is 19.3 Å². The Labute approximate surface area is 79.5 Å². The third-order valence-corrected chi connectivity index (χ3v) is 1.07. The van der Waals surface area contributed by atoms with E-state index in [1.54, 1.807) is 0 Å². The molecule has 0 aliphatic rings. The highest BCUT2D eigenvalue weighted by Gasteiger charge is 2.28. The van der Waals surface area contributed by atoms with Gasteiger partial charge in [-0.3, -0.25) is 0 Å². The molecule has 6 heteroatoms. The highest BCUT2D eigenvalue weighted by atomic mass is 19.4. The van der Waals surface area contributed by atoms with Crippen molar-refractivity contribution in [2.45, 2.75) is 20.0 Å². The van der Waals surface area contributed by atoms with E-state index in [0.29, 0.717) is 0 Å². The van der Waals surface area contributed by atoms with Gasteiger partial charge in [-0.05, 0) is 13.8 Å². The highest BCUT2D eigenvalue weighted by Crippen LogP contribution is 2.19. The van der Waals surface area contributed by atoms with Crippen molar-refractivity contribution in [2.24, 2.45) is 0 Å². The van der Waals surface area contributed by atoms with Gasteiger partial charge in [0.2, 0.25) is 5.76 Å². The van der Waals surface area contributed by atoms with E-state index in [1.165, 1.54) is 13.8 Å². The summed E-state index contributed by atoms with van der Waals surface area (Å²) in [5, 5.41) is 0. The molecule has 0 radical (unpaired) electrons. The molecule has 0 aliphatic carbocycles. The molecule has 0 heterocycles. The molecule has 0 atom stereocenters. The third-order valence-electron chi connectivity index (χ3n) is 1.07. The Morgan fingerprint density at radius 1 is 1.21 bits per heavy atom. The van der Waals surface area contributed by atoms with Crippen LogP contribution in [0.15, 0.2) is 11.8 Å². The molecule has 0 aromatic rings. The molecule has 0 aliphatic heterocycles. The molecular weight excluding hydrogens is 201 g/mol. The molecule has 14 heavy (non-hydrogen) atoms. The fourth-order valence-corrected chi connectivity index (χ4v) is 0.666. The maximum absolute atomic E-state index is 11.9. The van der Waals surface area contributed by atoms with Gasteiger partial charge < -0.3 is 9.47 Å². The van der Waals surface area contributed by atoms with Crippen molar-refractivity contribution < 1.29 is 27.4 Å². The van der Waals surface area contributed by atoms with Crippen LogP contribution in [0.1, 0.15) is 13.8 Å². The summed E-state index contributed by atoms with van der Waals surface area (Å²) in [5.74, 6) is -1.92. The normalized spacial score (nSPS) is 12.5. The van der Waals surface area contributed by atoms with E-state index in [4.69, 9.17) is 0 Å². The predicted octanol–water partition coefficient (Wildman–Crippen LogP) is 2.03. The number of halogens is 3. The van der Waals surface area contributed by atoms with E-state index >= 15 is 0 Å². The van der Waals surface area contributed by atoms with Gasteiger partial charge in [-0.25, -0.2) is 4.79 Å². The molecule has 0 rings (SSSR count). The van der Waals surface area contributed by atoms with Crippen LogP contribution in [0.5, 0.6) is 0 Å². The van der Waals surface area contributed by atoms with Crippen molar-refractivity contribution >= 4 is 5.97 Å². The number of carbonyl (C=O) groups is 1. The van der Waals surface area contributed by atoms with Crippen molar-refractivity contribution in [2.75, 3.05) is 13.2 Å². The van der Waals surface area contributed by atoms with E-state index < -0.39 is 17.9 Å². The van der Waals surface area contributed by atoms with Crippen LogP contribution < -0.4 is 0 Å². The molecule has 0 unspecified atom stereocenters. The first-order valence-electron chi connectivity index (χ1n) is 4.00. The van der Waals surface area contributed by atoms with E-state index in [9.17, 15) is 18.0 Å². The Morgan fingerprint density at radius 2 is 1.71 bits per heavy atom. The molecule has 0 bridgehead atoms. The van der Waals surface area contributed by atoms with Gasteiger partial charge in [0.25, 0.3) is 0 Å². The lowest BCUT2D eigenvalue weighted by Crippen LogP contribution is -2.15. The minimum atomic E-state index is -4.59. The number of alkyl halides is 3. The average molecular weight is 212 g/mol. The van der Waals surface area contributed by atoms with Gasteiger partial charge in [0.05, 0.1) is 19.3 Å². The standard InChI is InChI=1S/C8H11F3O3/c1-3-13-6(5-8(9,10)11)7(12)14-4-2/h5H,3-4H2,1-2H3/b6-5-. The molecule has 0 aromatic heterocycles. The highest BCUT2D eigenvalue weighted by molar-refractivity contribution is 5.86. The zero-order valence-electron chi connectivity index (χ0n) is 7.85. The Balaban J connectivity index is 4.58. The molecule has 0 saturated heterocycles. The molecule has 0 aromatic carbocycles. The van der Waals surface area contributed by atoms with E-state index in [1.807, 2.05) is 0 Å². The Kier molecular flexibility index (Phi) is 5.04. The summed E-state index contributed by atoms with van der Waals surface area (Å²) in [6, 6.07) is 0. The number of hydrogen-bond donors (Lipinski definition) is 0.